The van der Waals surface area contributed by atoms with Crippen molar-refractivity contribution in [3.63, 3.8) is 0 Å². The molecule has 0 fully saturated rings. The molecule has 8 heteroatoms. The monoisotopic (exact) mass is 403 g/mol. The lowest BCUT2D eigenvalue weighted by Crippen LogP contribution is -2.29. The van der Waals surface area contributed by atoms with Crippen LogP contribution >= 0.6 is 0 Å². The molecular formula is C20H21NO6S. The van der Waals surface area contributed by atoms with E-state index in [0.717, 1.165) is 17.4 Å². The second kappa shape index (κ2) is 7.83. The molecule has 28 heavy (non-hydrogen) atoms. The summed E-state index contributed by atoms with van der Waals surface area (Å²) in [6.07, 6.45) is 0.199. The molecule has 0 saturated carbocycles. The Morgan fingerprint density at radius 3 is 2.64 bits per heavy atom. The number of rotatable bonds is 6. The summed E-state index contributed by atoms with van der Waals surface area (Å²) in [5, 5.41) is 0.935. The normalized spacial score (nSPS) is 15.3. The smallest absolute Gasteiger partial charge is 0.240 e. The lowest BCUT2D eigenvalue weighted by Gasteiger charge is -2.15. The van der Waals surface area contributed by atoms with Crippen LogP contribution in [0.1, 0.15) is 18.3 Å². The molecule has 3 aromatic rings. The van der Waals surface area contributed by atoms with Crippen molar-refractivity contribution in [2.45, 2.75) is 17.4 Å². The van der Waals surface area contributed by atoms with Gasteiger partial charge in [0.2, 0.25) is 10.0 Å². The molecule has 0 aliphatic carbocycles. The highest BCUT2D eigenvalue weighted by Gasteiger charge is 2.22. The van der Waals surface area contributed by atoms with Crippen LogP contribution in [-0.2, 0) is 14.8 Å². The SMILES string of the molecule is CO[C@H](CNS(=O)(=O)c1ccc2c(c1)OCCCO2)c1cc2ccccc2o1. The Morgan fingerprint density at radius 1 is 1.07 bits per heavy atom. The second-order valence-corrected chi connectivity index (χ2v) is 8.19. The molecule has 2 heterocycles. The first-order chi connectivity index (χ1) is 13.6. The molecule has 0 saturated heterocycles. The Morgan fingerprint density at radius 2 is 1.86 bits per heavy atom. The van der Waals surface area contributed by atoms with E-state index in [0.29, 0.717) is 30.5 Å². The third kappa shape index (κ3) is 3.84. The van der Waals surface area contributed by atoms with Gasteiger partial charge in [0, 0.05) is 31.5 Å². The number of fused-ring (bicyclic) bond motifs is 2. The zero-order chi connectivity index (χ0) is 19.6. The maximum Gasteiger partial charge on any atom is 0.240 e. The minimum Gasteiger partial charge on any atom is -0.490 e. The summed E-state index contributed by atoms with van der Waals surface area (Å²) in [6, 6.07) is 14.0. The highest BCUT2D eigenvalue weighted by Crippen LogP contribution is 2.32. The van der Waals surface area contributed by atoms with Gasteiger partial charge in [-0.1, -0.05) is 18.2 Å². The lowest BCUT2D eigenvalue weighted by atomic mass is 10.2. The van der Waals surface area contributed by atoms with Gasteiger partial charge in [-0.3, -0.25) is 0 Å². The zero-order valence-electron chi connectivity index (χ0n) is 15.4. The quantitative estimate of drug-likeness (QED) is 0.680. The van der Waals surface area contributed by atoms with Gasteiger partial charge in [-0.25, -0.2) is 13.1 Å². The van der Waals surface area contributed by atoms with E-state index < -0.39 is 16.1 Å². The summed E-state index contributed by atoms with van der Waals surface area (Å²) < 4.78 is 50.4. The predicted octanol–water partition coefficient (Wildman–Crippen LogP) is 3.26. The topological polar surface area (TPSA) is 87.0 Å². The summed E-state index contributed by atoms with van der Waals surface area (Å²) in [7, 11) is -2.24. The van der Waals surface area contributed by atoms with E-state index >= 15 is 0 Å². The number of benzene rings is 2. The Bertz CT molecular complexity index is 1040. The maximum atomic E-state index is 12.7. The zero-order valence-corrected chi connectivity index (χ0v) is 16.2. The van der Waals surface area contributed by atoms with Crippen LogP contribution < -0.4 is 14.2 Å². The summed E-state index contributed by atoms with van der Waals surface area (Å²) >= 11 is 0. The summed E-state index contributed by atoms with van der Waals surface area (Å²) in [5.41, 5.74) is 0.727. The Balaban J connectivity index is 1.51. The number of furan rings is 1. The van der Waals surface area contributed by atoms with Gasteiger partial charge in [-0.05, 0) is 24.3 Å². The number of methoxy groups -OCH3 is 1. The number of sulfonamides is 1. The summed E-state index contributed by atoms with van der Waals surface area (Å²) in [6.45, 7) is 1.07. The van der Waals surface area contributed by atoms with Crippen LogP contribution in [0.5, 0.6) is 11.5 Å². The van der Waals surface area contributed by atoms with Crippen molar-refractivity contribution in [2.24, 2.45) is 0 Å². The molecular weight excluding hydrogens is 382 g/mol. The predicted molar refractivity (Wildman–Crippen MR) is 103 cm³/mol. The van der Waals surface area contributed by atoms with Gasteiger partial charge in [-0.15, -0.1) is 0 Å². The van der Waals surface area contributed by atoms with Crippen LogP contribution in [0.25, 0.3) is 11.0 Å². The molecule has 1 atom stereocenters. The number of para-hydroxylation sites is 1. The van der Waals surface area contributed by atoms with Crippen LogP contribution in [-0.4, -0.2) is 35.3 Å². The van der Waals surface area contributed by atoms with Crippen LogP contribution in [0.15, 0.2) is 57.8 Å². The average Bonchev–Trinajstić information content (AvgIpc) is 2.98. The van der Waals surface area contributed by atoms with Gasteiger partial charge in [0.1, 0.15) is 17.4 Å². The molecule has 148 valence electrons. The third-order valence-electron chi connectivity index (χ3n) is 4.53. The van der Waals surface area contributed by atoms with Crippen molar-refractivity contribution in [1.29, 1.82) is 0 Å². The van der Waals surface area contributed by atoms with E-state index in [4.69, 9.17) is 18.6 Å². The highest BCUT2D eigenvalue weighted by atomic mass is 32.2. The molecule has 0 unspecified atom stereocenters. The standard InChI is InChI=1S/C20H21NO6S/c1-24-20(19-11-14-5-2-3-6-16(14)27-19)13-21-28(22,23)15-7-8-17-18(12-15)26-10-4-9-25-17/h2-3,5-8,11-12,20-21H,4,9-10,13H2,1H3/t20-/m1/s1. The molecule has 1 N–H and O–H groups in total. The van der Waals surface area contributed by atoms with E-state index in [9.17, 15) is 8.42 Å². The number of nitrogens with one attached hydrogen (secondary N) is 1. The third-order valence-corrected chi connectivity index (χ3v) is 5.96. The first kappa shape index (κ1) is 18.8. The number of ether oxygens (including phenoxy) is 3. The fourth-order valence-corrected chi connectivity index (χ4v) is 4.09. The lowest BCUT2D eigenvalue weighted by molar-refractivity contribution is 0.0893. The molecule has 0 spiro atoms. The molecule has 7 nitrogen and oxygen atoms in total. The average molecular weight is 403 g/mol. The molecule has 1 aliphatic heterocycles. The Hall–Kier alpha value is -2.55. The molecule has 0 amide bonds. The minimum absolute atomic E-state index is 0.0348. The van der Waals surface area contributed by atoms with Gasteiger partial charge < -0.3 is 18.6 Å². The van der Waals surface area contributed by atoms with Gasteiger partial charge in [0.25, 0.3) is 0 Å². The van der Waals surface area contributed by atoms with E-state index in [1.165, 1.54) is 19.2 Å². The second-order valence-electron chi connectivity index (χ2n) is 6.42. The van der Waals surface area contributed by atoms with E-state index in [1.807, 2.05) is 30.3 Å². The Labute approximate surface area is 163 Å². The molecule has 0 bridgehead atoms. The largest absolute Gasteiger partial charge is 0.490 e. The van der Waals surface area contributed by atoms with E-state index in [1.54, 1.807) is 6.07 Å². The van der Waals surface area contributed by atoms with Crippen molar-refractivity contribution in [1.82, 2.24) is 4.72 Å². The fraction of sp³-hybridized carbons (Fsp3) is 0.300. The van der Waals surface area contributed by atoms with Crippen LogP contribution in [0, 0.1) is 0 Å². The van der Waals surface area contributed by atoms with Crippen LogP contribution in [0.2, 0.25) is 0 Å². The van der Waals surface area contributed by atoms with Gasteiger partial charge in [0.15, 0.2) is 11.5 Å². The van der Waals surface area contributed by atoms with Crippen molar-refractivity contribution < 1.29 is 27.0 Å². The molecule has 4 rings (SSSR count). The van der Waals surface area contributed by atoms with Crippen molar-refractivity contribution >= 4 is 21.0 Å². The summed E-state index contributed by atoms with van der Waals surface area (Å²) in [5.74, 6) is 1.54. The number of hydrogen-bond acceptors (Lipinski definition) is 6. The van der Waals surface area contributed by atoms with Crippen molar-refractivity contribution in [3.8, 4) is 11.5 Å². The maximum absolute atomic E-state index is 12.7. The van der Waals surface area contributed by atoms with Crippen molar-refractivity contribution in [3.05, 3.63) is 54.3 Å². The molecule has 2 aromatic carbocycles. The van der Waals surface area contributed by atoms with Crippen molar-refractivity contribution in [2.75, 3.05) is 26.9 Å². The summed E-state index contributed by atoms with van der Waals surface area (Å²) in [4.78, 5) is 0.108. The fourth-order valence-electron chi connectivity index (χ4n) is 3.04. The Kier molecular flexibility index (Phi) is 5.25. The van der Waals surface area contributed by atoms with Gasteiger partial charge >= 0.3 is 0 Å². The van der Waals surface area contributed by atoms with E-state index in [2.05, 4.69) is 4.72 Å². The highest BCUT2D eigenvalue weighted by molar-refractivity contribution is 7.89. The van der Waals surface area contributed by atoms with E-state index in [-0.39, 0.29) is 11.4 Å². The first-order valence-electron chi connectivity index (χ1n) is 8.97. The molecule has 0 radical (unpaired) electrons. The van der Waals surface area contributed by atoms with Crippen LogP contribution in [0.3, 0.4) is 0 Å². The van der Waals surface area contributed by atoms with Gasteiger partial charge in [-0.2, -0.15) is 0 Å². The first-order valence-corrected chi connectivity index (χ1v) is 10.5. The minimum atomic E-state index is -3.76. The van der Waals surface area contributed by atoms with Gasteiger partial charge in [0.05, 0.1) is 18.1 Å². The number of hydrogen-bond donors (Lipinski definition) is 1. The molecule has 1 aromatic heterocycles. The molecule has 1 aliphatic rings. The van der Waals surface area contributed by atoms with Crippen LogP contribution in [0.4, 0.5) is 0 Å².